The Labute approximate surface area is 454 Å². The Bertz CT molecular complexity index is 3140. The van der Waals surface area contributed by atoms with E-state index in [2.05, 4.69) is 216 Å². The van der Waals surface area contributed by atoms with Gasteiger partial charge in [-0.15, -0.1) is 20.4 Å². The highest BCUT2D eigenvalue weighted by Gasteiger charge is 2.43. The van der Waals surface area contributed by atoms with Crippen LogP contribution in [0.1, 0.15) is 115 Å². The Hall–Kier alpha value is -8.36. The Morgan fingerprint density at radius 3 is 0.935 bits per heavy atom. The summed E-state index contributed by atoms with van der Waals surface area (Å²) in [6, 6.07) is 72.2. The Balaban J connectivity index is 0.909. The van der Waals surface area contributed by atoms with Crippen molar-refractivity contribution >= 4 is 34.1 Å². The molecule has 8 nitrogen and oxygen atoms in total. The van der Waals surface area contributed by atoms with E-state index in [1.54, 1.807) is 0 Å². The molecular weight excluding hydrogens is 945 g/mol. The lowest BCUT2D eigenvalue weighted by molar-refractivity contribution is 0.398. The van der Waals surface area contributed by atoms with E-state index in [1.807, 2.05) is 24.3 Å². The summed E-state index contributed by atoms with van der Waals surface area (Å²) in [5.41, 5.74) is 15.1. The van der Waals surface area contributed by atoms with Gasteiger partial charge in [-0.25, -0.2) is 0 Å². The molecule has 8 heteroatoms. The Morgan fingerprint density at radius 1 is 0.312 bits per heavy atom. The van der Waals surface area contributed by atoms with Crippen LogP contribution >= 0.6 is 0 Å². The van der Waals surface area contributed by atoms with Crippen molar-refractivity contribution in [2.75, 3.05) is 9.80 Å². The van der Waals surface area contributed by atoms with Gasteiger partial charge in [-0.2, -0.15) is 0 Å². The zero-order valence-electron chi connectivity index (χ0n) is 44.5. The van der Waals surface area contributed by atoms with Crippen LogP contribution in [0.5, 0.6) is 0 Å². The minimum Gasteiger partial charge on any atom is -0.416 e. The van der Waals surface area contributed by atoms with Gasteiger partial charge in [-0.05, 0) is 156 Å². The molecule has 0 amide bonds. The van der Waals surface area contributed by atoms with Crippen LogP contribution in [0.15, 0.2) is 215 Å². The van der Waals surface area contributed by atoms with Crippen LogP contribution in [0, 0.1) is 0 Å². The van der Waals surface area contributed by atoms with Crippen LogP contribution in [0.25, 0.3) is 56.9 Å². The number of rotatable bonds is 24. The highest BCUT2D eigenvalue weighted by Crippen LogP contribution is 2.56. The van der Waals surface area contributed by atoms with E-state index in [0.29, 0.717) is 23.6 Å². The maximum Gasteiger partial charge on any atom is 0.248 e. The van der Waals surface area contributed by atoms with Gasteiger partial charge >= 0.3 is 0 Å². The van der Waals surface area contributed by atoms with Crippen LogP contribution in [-0.2, 0) is 5.41 Å². The van der Waals surface area contributed by atoms with Crippen LogP contribution in [0.3, 0.4) is 0 Å². The number of hydrogen-bond acceptors (Lipinski definition) is 8. The largest absolute Gasteiger partial charge is 0.416 e. The molecule has 77 heavy (non-hydrogen) atoms. The number of aromatic nitrogens is 4. The molecule has 2 aromatic heterocycles. The lowest BCUT2D eigenvalue weighted by Gasteiger charge is -2.33. The fraction of sp³-hybridized carbons (Fsp3) is 0.246. The summed E-state index contributed by atoms with van der Waals surface area (Å²) in [4.78, 5) is 4.51. The van der Waals surface area contributed by atoms with Gasteiger partial charge in [0.2, 0.25) is 23.6 Å². The first-order chi connectivity index (χ1) is 38.1. The summed E-state index contributed by atoms with van der Waals surface area (Å²) in [6.07, 6.45) is 16.9. The molecule has 1 aliphatic carbocycles. The van der Waals surface area contributed by atoms with Gasteiger partial charge in [0.15, 0.2) is 0 Å². The summed E-state index contributed by atoms with van der Waals surface area (Å²) in [6.45, 7) is 4.58. The third-order valence-corrected chi connectivity index (χ3v) is 15.4. The first kappa shape index (κ1) is 50.8. The van der Waals surface area contributed by atoms with Crippen LogP contribution in [-0.4, -0.2) is 20.4 Å². The Morgan fingerprint density at radius 2 is 0.597 bits per heavy atom. The van der Waals surface area contributed by atoms with E-state index in [-0.39, 0.29) is 5.41 Å². The van der Waals surface area contributed by atoms with Crippen molar-refractivity contribution in [2.45, 2.75) is 109 Å². The summed E-state index contributed by atoms with van der Waals surface area (Å²) < 4.78 is 13.2. The molecule has 10 aromatic rings. The van der Waals surface area contributed by atoms with E-state index in [1.165, 1.54) is 86.5 Å². The quantitative estimate of drug-likeness (QED) is 0.0554. The van der Waals surface area contributed by atoms with E-state index in [0.717, 1.165) is 82.1 Å². The minimum atomic E-state index is -0.226. The van der Waals surface area contributed by atoms with Crippen molar-refractivity contribution < 1.29 is 8.83 Å². The minimum absolute atomic E-state index is 0.226. The number of unbranched alkanes of at least 4 members (excludes halogenated alkanes) is 10. The monoisotopic (exact) mass is 1010 g/mol. The zero-order valence-corrected chi connectivity index (χ0v) is 44.5. The highest BCUT2D eigenvalue weighted by atomic mass is 16.4. The number of para-hydroxylation sites is 4. The molecule has 0 N–H and O–H groups in total. The second-order valence-electron chi connectivity index (χ2n) is 20.6. The second-order valence-corrected chi connectivity index (χ2v) is 20.6. The molecule has 0 spiro atoms. The third-order valence-electron chi connectivity index (χ3n) is 15.4. The fourth-order valence-electron chi connectivity index (χ4n) is 11.5. The maximum atomic E-state index is 6.61. The molecule has 0 atom stereocenters. The molecule has 386 valence electrons. The van der Waals surface area contributed by atoms with Gasteiger partial charge in [0, 0.05) is 61.8 Å². The predicted octanol–water partition coefficient (Wildman–Crippen LogP) is 19.8. The number of hydrogen-bond donors (Lipinski definition) is 0. The standard InChI is InChI=1S/C69H68N6O2/c1-3-5-7-9-11-25-47-69(48-26-12-10-8-6-4-2)63-49-53(67-72-70-65(76-67)51-35-41-59(42-36-51)74(55-27-17-13-18-28-55)56-29-19-14-20-30-56)39-45-61(63)62-46-40-54(50-64(62)69)68-73-71-66(77-68)52-37-43-60(44-38-52)75(57-31-21-15-22-32-57)58-33-23-16-24-34-58/h13-24,27-46,49-50H,3-12,25-26,47-48H2,1-2H3. The molecule has 0 aliphatic heterocycles. The Kier molecular flexibility index (Phi) is 15.9. The lowest BCUT2D eigenvalue weighted by atomic mass is 9.70. The third kappa shape index (κ3) is 11.2. The number of fused-ring (bicyclic) bond motifs is 3. The van der Waals surface area contributed by atoms with Crippen molar-refractivity contribution in [1.82, 2.24) is 20.4 Å². The smallest absolute Gasteiger partial charge is 0.248 e. The van der Waals surface area contributed by atoms with E-state index in [9.17, 15) is 0 Å². The molecule has 0 radical (unpaired) electrons. The van der Waals surface area contributed by atoms with Crippen LogP contribution in [0.2, 0.25) is 0 Å². The average Bonchev–Trinajstić information content (AvgIpc) is 4.44. The highest BCUT2D eigenvalue weighted by molar-refractivity contribution is 5.85. The molecular formula is C69H68N6O2. The predicted molar refractivity (Wildman–Crippen MR) is 315 cm³/mol. The topological polar surface area (TPSA) is 84.3 Å². The van der Waals surface area contributed by atoms with Gasteiger partial charge in [-0.1, -0.05) is 176 Å². The molecule has 0 bridgehead atoms. The fourth-order valence-corrected chi connectivity index (χ4v) is 11.5. The van der Waals surface area contributed by atoms with E-state index < -0.39 is 0 Å². The summed E-state index contributed by atoms with van der Waals surface area (Å²) >= 11 is 0. The maximum absolute atomic E-state index is 6.61. The number of nitrogens with zero attached hydrogens (tertiary/aromatic N) is 6. The van der Waals surface area contributed by atoms with Gasteiger partial charge in [0.25, 0.3) is 0 Å². The summed E-state index contributed by atoms with van der Waals surface area (Å²) in [5, 5.41) is 18.7. The molecule has 0 unspecified atom stereocenters. The normalized spacial score (nSPS) is 12.3. The SMILES string of the molecule is CCCCCCCCC1(CCCCCCCC)c2cc(-c3nnc(-c4ccc(N(c5ccccc5)c5ccccc5)cc4)o3)ccc2-c2ccc(-c3nnc(-c4ccc(N(c5ccccc5)c5ccccc5)cc4)o3)cc21. The van der Waals surface area contributed by atoms with Crippen molar-refractivity contribution in [3.8, 4) is 56.9 Å². The van der Waals surface area contributed by atoms with Crippen molar-refractivity contribution in [3.05, 3.63) is 217 Å². The lowest BCUT2D eigenvalue weighted by Crippen LogP contribution is -2.25. The van der Waals surface area contributed by atoms with Crippen molar-refractivity contribution in [1.29, 1.82) is 0 Å². The van der Waals surface area contributed by atoms with E-state index in [4.69, 9.17) is 19.0 Å². The van der Waals surface area contributed by atoms with Crippen LogP contribution in [0.4, 0.5) is 34.1 Å². The molecule has 2 heterocycles. The zero-order chi connectivity index (χ0) is 52.2. The molecule has 0 saturated heterocycles. The molecule has 11 rings (SSSR count). The second kappa shape index (κ2) is 24.1. The number of benzene rings is 8. The number of anilines is 6. The van der Waals surface area contributed by atoms with E-state index >= 15 is 0 Å². The summed E-state index contributed by atoms with van der Waals surface area (Å²) in [5.74, 6) is 2.03. The molecule has 8 aromatic carbocycles. The van der Waals surface area contributed by atoms with Gasteiger partial charge < -0.3 is 18.6 Å². The van der Waals surface area contributed by atoms with Gasteiger partial charge in [0.05, 0.1) is 0 Å². The van der Waals surface area contributed by atoms with Crippen molar-refractivity contribution in [3.63, 3.8) is 0 Å². The molecule has 0 saturated carbocycles. The molecule has 1 aliphatic rings. The van der Waals surface area contributed by atoms with Gasteiger partial charge in [0.1, 0.15) is 0 Å². The molecule has 0 fully saturated rings. The summed E-state index contributed by atoms with van der Waals surface area (Å²) in [7, 11) is 0. The first-order valence-electron chi connectivity index (χ1n) is 28.1. The average molecular weight is 1010 g/mol. The first-order valence-corrected chi connectivity index (χ1v) is 28.1. The van der Waals surface area contributed by atoms with Crippen LogP contribution < -0.4 is 9.80 Å². The van der Waals surface area contributed by atoms with Crippen molar-refractivity contribution in [2.24, 2.45) is 0 Å². The van der Waals surface area contributed by atoms with Gasteiger partial charge in [-0.3, -0.25) is 0 Å².